The van der Waals surface area contributed by atoms with Gasteiger partial charge in [-0.25, -0.2) is 19.9 Å². The lowest BCUT2D eigenvalue weighted by Crippen LogP contribution is -2.26. The van der Waals surface area contributed by atoms with Gasteiger partial charge in [0.25, 0.3) is 0 Å². The summed E-state index contributed by atoms with van der Waals surface area (Å²) >= 11 is 0. The molecule has 8 nitrogen and oxygen atoms in total. The molecule has 35 heavy (non-hydrogen) atoms. The van der Waals surface area contributed by atoms with Crippen molar-refractivity contribution in [2.24, 2.45) is 0 Å². The molecule has 176 valence electrons. The molecule has 0 N–H and O–H groups in total. The molecule has 4 heterocycles. The highest BCUT2D eigenvalue weighted by Gasteiger charge is 2.31. The van der Waals surface area contributed by atoms with E-state index < -0.39 is 14.0 Å². The summed E-state index contributed by atoms with van der Waals surface area (Å²) in [4.78, 5) is 23.8. The average molecular weight is 471 g/mol. The predicted molar refractivity (Wildman–Crippen MR) is 141 cm³/mol. The van der Waals surface area contributed by atoms with Gasteiger partial charge in [0.15, 0.2) is 23.3 Å². The van der Waals surface area contributed by atoms with Gasteiger partial charge in [-0.1, -0.05) is 17.7 Å². The van der Waals surface area contributed by atoms with Crippen molar-refractivity contribution >= 4 is 34.6 Å². The minimum absolute atomic E-state index is 0.0163. The van der Waals surface area contributed by atoms with Gasteiger partial charge in [0.2, 0.25) is 0 Å². The monoisotopic (exact) mass is 470 g/mol. The number of benzene rings is 2. The number of aryl methyl sites for hydroxylation is 3. The van der Waals surface area contributed by atoms with E-state index in [4.69, 9.17) is 8.22 Å². The summed E-state index contributed by atoms with van der Waals surface area (Å²) in [6, 6.07) is 10.1. The van der Waals surface area contributed by atoms with Crippen molar-refractivity contribution < 1.29 is 8.22 Å². The Morgan fingerprint density at radius 2 is 1.09 bits per heavy atom. The largest absolute Gasteiger partial charge is 0.338 e. The number of aromatic nitrogens is 4. The predicted octanol–water partition coefficient (Wildman–Crippen LogP) is 4.95. The maximum absolute atomic E-state index is 8.09. The molecule has 4 aromatic rings. The Morgan fingerprint density at radius 1 is 0.629 bits per heavy atom. The zero-order valence-electron chi connectivity index (χ0n) is 25.7. The van der Waals surface area contributed by atoms with Gasteiger partial charge in [0.1, 0.15) is 0 Å². The first-order chi connectivity index (χ1) is 19.3. The van der Waals surface area contributed by atoms with E-state index in [1.165, 1.54) is 34.6 Å². The zero-order valence-corrected chi connectivity index (χ0v) is 19.7. The number of rotatable bonds is 3. The molecule has 0 radical (unpaired) electrons. The fourth-order valence-corrected chi connectivity index (χ4v) is 5.05. The van der Waals surface area contributed by atoms with Crippen LogP contribution in [0.2, 0.25) is 0 Å². The van der Waals surface area contributed by atoms with Gasteiger partial charge in [-0.15, -0.1) is 0 Å². The first-order valence-corrected chi connectivity index (χ1v) is 11.3. The van der Waals surface area contributed by atoms with Crippen LogP contribution in [-0.2, 0) is 0 Å². The molecule has 0 saturated carbocycles. The molecular formula is C27H28N8. The number of hydrogen-bond donors (Lipinski definition) is 0. The van der Waals surface area contributed by atoms with Crippen LogP contribution in [0.5, 0.6) is 0 Å². The standard InChI is InChI=1S/C27H28N8/c1-17-10-18(2)23(19(3)11-17)20-12-21(34-15-32(4)24-26(34)30-8-6-28-24)14-22(13-20)35-16-33(5)25-27(35)31-9-7-29-25/h6-14H,15-16H2,1-5H3/i4D3,5D3. The fraction of sp³-hybridized carbons (Fsp3) is 0.259. The third kappa shape index (κ3) is 3.44. The lowest BCUT2D eigenvalue weighted by Gasteiger charge is -2.25. The van der Waals surface area contributed by atoms with Crippen molar-refractivity contribution in [2.45, 2.75) is 20.8 Å². The third-order valence-electron chi connectivity index (χ3n) is 6.40. The van der Waals surface area contributed by atoms with E-state index in [0.717, 1.165) is 27.8 Å². The molecule has 0 fully saturated rings. The summed E-state index contributed by atoms with van der Waals surface area (Å²) in [6.45, 7) is 1.35. The van der Waals surface area contributed by atoms with Gasteiger partial charge in [-0.05, 0) is 61.2 Å². The highest BCUT2D eigenvalue weighted by atomic mass is 15.4. The Kier molecular flexibility index (Phi) is 3.55. The Labute approximate surface area is 213 Å². The molecule has 0 aliphatic carbocycles. The maximum Gasteiger partial charge on any atom is 0.178 e. The minimum atomic E-state index is -2.42. The highest BCUT2D eigenvalue weighted by molar-refractivity contribution is 5.86. The molecule has 2 aromatic heterocycles. The van der Waals surface area contributed by atoms with E-state index in [9.17, 15) is 0 Å². The van der Waals surface area contributed by atoms with Crippen molar-refractivity contribution in [3.05, 3.63) is 71.8 Å². The molecule has 0 amide bonds. The van der Waals surface area contributed by atoms with Gasteiger partial charge in [-0.2, -0.15) is 0 Å². The summed E-state index contributed by atoms with van der Waals surface area (Å²) in [5, 5.41) is 0. The summed E-state index contributed by atoms with van der Waals surface area (Å²) in [5.74, 6) is 1.39. The smallest absolute Gasteiger partial charge is 0.178 e. The Bertz CT molecular complexity index is 1540. The van der Waals surface area contributed by atoms with E-state index in [-0.39, 0.29) is 25.0 Å². The van der Waals surface area contributed by atoms with E-state index in [0.29, 0.717) is 23.0 Å². The lowest BCUT2D eigenvalue weighted by molar-refractivity contribution is 0.926. The first kappa shape index (κ1) is 15.7. The van der Waals surface area contributed by atoms with Crippen LogP contribution in [0.4, 0.5) is 34.6 Å². The second-order valence-electron chi connectivity index (χ2n) is 8.91. The van der Waals surface area contributed by atoms with Crippen molar-refractivity contribution in [1.82, 2.24) is 19.9 Å². The van der Waals surface area contributed by atoms with Crippen LogP contribution >= 0.6 is 0 Å². The van der Waals surface area contributed by atoms with E-state index >= 15 is 0 Å². The number of nitrogens with zero attached hydrogens (tertiary/aromatic N) is 8. The number of fused-ring (bicyclic) bond motifs is 2. The van der Waals surface area contributed by atoms with Gasteiger partial charge in [0.05, 0.1) is 13.3 Å². The molecule has 2 aliphatic rings. The molecule has 2 aromatic carbocycles. The summed E-state index contributed by atoms with van der Waals surface area (Å²) < 4.78 is 48.5. The van der Waals surface area contributed by atoms with Gasteiger partial charge >= 0.3 is 0 Å². The molecular weight excluding hydrogens is 436 g/mol. The number of anilines is 6. The maximum atomic E-state index is 8.09. The minimum Gasteiger partial charge on any atom is -0.338 e. The van der Waals surface area contributed by atoms with E-state index in [2.05, 4.69) is 52.8 Å². The van der Waals surface area contributed by atoms with Gasteiger partial charge in [-0.3, -0.25) is 0 Å². The molecule has 0 atom stereocenters. The van der Waals surface area contributed by atoms with Gasteiger partial charge in [0, 0.05) is 58.3 Å². The van der Waals surface area contributed by atoms with Gasteiger partial charge < -0.3 is 19.6 Å². The second kappa shape index (κ2) is 7.94. The molecule has 0 unspecified atom stereocenters. The van der Waals surface area contributed by atoms with Crippen LogP contribution in [0.25, 0.3) is 11.1 Å². The third-order valence-corrected chi connectivity index (χ3v) is 6.40. The molecule has 6 rings (SSSR count). The van der Waals surface area contributed by atoms with Crippen LogP contribution in [0, 0.1) is 20.8 Å². The molecule has 8 heteroatoms. The van der Waals surface area contributed by atoms with Crippen molar-refractivity contribution in [3.63, 3.8) is 0 Å². The Balaban J connectivity index is 1.56. The number of hydrogen-bond acceptors (Lipinski definition) is 8. The Hall–Kier alpha value is -4.20. The van der Waals surface area contributed by atoms with E-state index in [1.54, 1.807) is 0 Å². The second-order valence-corrected chi connectivity index (χ2v) is 8.91. The zero-order chi connectivity index (χ0) is 29.3. The van der Waals surface area contributed by atoms with E-state index in [1.807, 2.05) is 28.0 Å². The SMILES string of the molecule is [2H]C([2H])([2H])N1CN(c2cc(-c3c(C)cc(C)cc3C)cc(N3CN(C([2H])([2H])[2H])c4nccnc43)c2)c2nccnc21. The first-order valence-electron chi connectivity index (χ1n) is 14.3. The molecule has 2 aliphatic heterocycles. The molecule has 0 bridgehead atoms. The molecule has 0 spiro atoms. The van der Waals surface area contributed by atoms with Crippen molar-refractivity contribution in [3.8, 4) is 11.1 Å². The lowest BCUT2D eigenvalue weighted by atomic mass is 9.93. The average Bonchev–Trinajstić information content (AvgIpc) is 3.48. The van der Waals surface area contributed by atoms with Crippen molar-refractivity contribution in [1.29, 1.82) is 0 Å². The summed E-state index contributed by atoms with van der Waals surface area (Å²) in [5.41, 5.74) is 6.61. The summed E-state index contributed by atoms with van der Waals surface area (Å²) in [6.07, 6.45) is 6.03. The highest BCUT2D eigenvalue weighted by Crippen LogP contribution is 2.44. The summed E-state index contributed by atoms with van der Waals surface area (Å²) in [7, 11) is 0. The fourth-order valence-electron chi connectivity index (χ4n) is 5.05. The van der Waals surface area contributed by atoms with Crippen LogP contribution in [0.1, 0.15) is 24.9 Å². The molecule has 0 saturated heterocycles. The normalized spacial score (nSPS) is 17.8. The van der Waals surface area contributed by atoms with Crippen molar-refractivity contribution in [2.75, 3.05) is 46.9 Å². The van der Waals surface area contributed by atoms with Crippen LogP contribution < -0.4 is 19.6 Å². The van der Waals surface area contributed by atoms with Crippen LogP contribution in [-0.4, -0.2) is 47.2 Å². The van der Waals surface area contributed by atoms with Crippen LogP contribution in [0.3, 0.4) is 0 Å². The van der Waals surface area contributed by atoms with Crippen LogP contribution in [0.15, 0.2) is 55.1 Å². The quantitative estimate of drug-likeness (QED) is 0.417. The Morgan fingerprint density at radius 3 is 1.54 bits per heavy atom. The topological polar surface area (TPSA) is 64.5 Å².